The molecule has 4 amide bonds. The molecule has 3 heterocycles. The van der Waals surface area contributed by atoms with Gasteiger partial charge in [-0.3, -0.25) is 19.2 Å². The van der Waals surface area contributed by atoms with E-state index in [4.69, 9.17) is 11.6 Å². The maximum absolute atomic E-state index is 12.8. The number of thiazole rings is 1. The Kier molecular flexibility index (Phi) is 10.0. The smallest absolute Gasteiger partial charge is 0.267 e. The number of carbonyl (C=O) groups is 4. The first-order valence-corrected chi connectivity index (χ1v) is 14.2. The van der Waals surface area contributed by atoms with Crippen molar-refractivity contribution in [1.29, 1.82) is 0 Å². The van der Waals surface area contributed by atoms with Crippen LogP contribution in [0, 0.1) is 13.8 Å². The van der Waals surface area contributed by atoms with Gasteiger partial charge in [0.2, 0.25) is 17.7 Å². The van der Waals surface area contributed by atoms with E-state index >= 15 is 0 Å². The highest BCUT2D eigenvalue weighted by atomic mass is 35.5. The minimum atomic E-state index is -0.464. The second-order valence-electron chi connectivity index (χ2n) is 9.27. The van der Waals surface area contributed by atoms with Crippen LogP contribution in [-0.4, -0.2) is 82.7 Å². The van der Waals surface area contributed by atoms with Crippen molar-refractivity contribution < 1.29 is 19.2 Å². The Morgan fingerprint density at radius 3 is 2.55 bits per heavy atom. The summed E-state index contributed by atoms with van der Waals surface area (Å²) in [7, 11) is 0. The van der Waals surface area contributed by atoms with Crippen molar-refractivity contribution in [3.05, 3.63) is 64.4 Å². The van der Waals surface area contributed by atoms with Gasteiger partial charge < -0.3 is 31.1 Å². The van der Waals surface area contributed by atoms with Crippen LogP contribution in [0.3, 0.4) is 0 Å². The van der Waals surface area contributed by atoms with Crippen molar-refractivity contribution in [3.8, 4) is 0 Å². The molecule has 4 N–H and O–H groups in total. The number of hydrogen-bond acceptors (Lipinski definition) is 10. The molecular weight excluding hydrogens is 582 g/mol. The largest absolute Gasteiger partial charge is 0.353 e. The molecule has 42 heavy (non-hydrogen) atoms. The first-order valence-electron chi connectivity index (χ1n) is 13.0. The molecule has 3 aromatic rings. The number of halogens is 1. The normalized spacial score (nSPS) is 12.8. The van der Waals surface area contributed by atoms with E-state index in [1.165, 1.54) is 17.5 Å². The summed E-state index contributed by atoms with van der Waals surface area (Å²) in [5.74, 6) is 0.295. The van der Waals surface area contributed by atoms with Crippen molar-refractivity contribution in [2.75, 3.05) is 54.8 Å². The number of rotatable bonds is 10. The topological polar surface area (TPSA) is 162 Å². The SMILES string of the molecule is C=CC(=O)NCC(=O)NCC(=O)N1CCN(c2cc(Nc3ncc(C(=O)Nc4c(C)cccc4Cl)s3)nc(C)n2)CC1. The van der Waals surface area contributed by atoms with Gasteiger partial charge in [0.15, 0.2) is 5.13 Å². The van der Waals surface area contributed by atoms with Crippen LogP contribution in [0.1, 0.15) is 21.1 Å². The number of piperazine rings is 1. The Balaban J connectivity index is 1.31. The van der Waals surface area contributed by atoms with Crippen LogP contribution in [0.4, 0.5) is 22.5 Å². The predicted octanol–water partition coefficient (Wildman–Crippen LogP) is 2.27. The maximum atomic E-state index is 12.8. The van der Waals surface area contributed by atoms with Gasteiger partial charge in [0.05, 0.1) is 30.0 Å². The molecule has 15 heteroatoms. The lowest BCUT2D eigenvalue weighted by Gasteiger charge is -2.35. The summed E-state index contributed by atoms with van der Waals surface area (Å²) in [6.45, 7) is 8.54. The predicted molar refractivity (Wildman–Crippen MR) is 161 cm³/mol. The molecule has 0 unspecified atom stereocenters. The van der Waals surface area contributed by atoms with Gasteiger partial charge in [-0.1, -0.05) is 41.6 Å². The third-order valence-corrected chi connectivity index (χ3v) is 7.48. The Morgan fingerprint density at radius 1 is 1.07 bits per heavy atom. The average Bonchev–Trinajstić information content (AvgIpc) is 3.44. The van der Waals surface area contributed by atoms with Gasteiger partial charge in [-0.25, -0.2) is 15.0 Å². The molecule has 0 aliphatic carbocycles. The Labute approximate surface area is 251 Å². The van der Waals surface area contributed by atoms with Gasteiger partial charge in [-0.05, 0) is 31.6 Å². The van der Waals surface area contributed by atoms with Crippen LogP contribution >= 0.6 is 22.9 Å². The van der Waals surface area contributed by atoms with E-state index in [1.807, 2.05) is 24.0 Å². The lowest BCUT2D eigenvalue weighted by atomic mass is 10.2. The zero-order chi connectivity index (χ0) is 30.2. The fourth-order valence-electron chi connectivity index (χ4n) is 4.06. The van der Waals surface area contributed by atoms with E-state index < -0.39 is 11.8 Å². The van der Waals surface area contributed by atoms with Gasteiger partial charge >= 0.3 is 0 Å². The second kappa shape index (κ2) is 13.9. The zero-order valence-corrected chi connectivity index (χ0v) is 24.6. The number of aromatic nitrogens is 3. The molecule has 2 aromatic heterocycles. The molecule has 1 fully saturated rings. The molecule has 4 rings (SSSR count). The molecule has 0 atom stereocenters. The zero-order valence-electron chi connectivity index (χ0n) is 23.1. The molecule has 1 aliphatic heterocycles. The van der Waals surface area contributed by atoms with Crippen molar-refractivity contribution in [3.63, 3.8) is 0 Å². The van der Waals surface area contributed by atoms with Crippen LogP contribution < -0.4 is 26.2 Å². The number of benzene rings is 1. The van der Waals surface area contributed by atoms with Crippen molar-refractivity contribution in [2.24, 2.45) is 0 Å². The van der Waals surface area contributed by atoms with Gasteiger partial charge in [0, 0.05) is 32.2 Å². The highest BCUT2D eigenvalue weighted by Gasteiger charge is 2.23. The Morgan fingerprint density at radius 2 is 1.83 bits per heavy atom. The van der Waals surface area contributed by atoms with Crippen LogP contribution in [0.25, 0.3) is 0 Å². The third-order valence-electron chi connectivity index (χ3n) is 6.25. The standard InChI is InChI=1S/C27H30ClN9O4S/c1-4-22(38)29-14-23(39)30-15-24(40)37-10-8-36(9-11-37)21-12-20(32-17(3)33-21)34-27-31-13-19(42-27)26(41)35-25-16(2)6-5-7-18(25)28/h4-7,12-13H,1,8-11,14-15H2,2-3H3,(H,29,38)(H,30,39)(H,35,41)(H,31,32,33,34). The van der Waals surface area contributed by atoms with Gasteiger partial charge in [0.25, 0.3) is 5.91 Å². The molecule has 0 spiro atoms. The minimum Gasteiger partial charge on any atom is -0.353 e. The van der Waals surface area contributed by atoms with Crippen LogP contribution in [-0.2, 0) is 14.4 Å². The monoisotopic (exact) mass is 611 g/mol. The molecule has 1 aliphatic rings. The number of aryl methyl sites for hydroxylation is 2. The first-order chi connectivity index (χ1) is 20.1. The summed E-state index contributed by atoms with van der Waals surface area (Å²) in [4.78, 5) is 65.7. The molecule has 0 bridgehead atoms. The quantitative estimate of drug-likeness (QED) is 0.252. The van der Waals surface area contributed by atoms with E-state index in [1.54, 1.807) is 24.0 Å². The fourth-order valence-corrected chi connectivity index (χ4v) is 5.05. The van der Waals surface area contributed by atoms with E-state index in [2.05, 4.69) is 42.8 Å². The van der Waals surface area contributed by atoms with E-state index in [0.29, 0.717) is 64.4 Å². The van der Waals surface area contributed by atoms with Crippen LogP contribution in [0.15, 0.2) is 43.1 Å². The summed E-state index contributed by atoms with van der Waals surface area (Å²) >= 11 is 7.41. The van der Waals surface area contributed by atoms with Gasteiger partial charge in [0.1, 0.15) is 22.3 Å². The lowest BCUT2D eigenvalue weighted by molar-refractivity contribution is -0.133. The van der Waals surface area contributed by atoms with E-state index in [-0.39, 0.29) is 24.9 Å². The highest BCUT2D eigenvalue weighted by molar-refractivity contribution is 7.17. The number of anilines is 4. The summed E-state index contributed by atoms with van der Waals surface area (Å²) in [6, 6.07) is 7.19. The summed E-state index contributed by atoms with van der Waals surface area (Å²) in [5.41, 5.74) is 1.41. The number of nitrogens with one attached hydrogen (secondary N) is 4. The average molecular weight is 612 g/mol. The van der Waals surface area contributed by atoms with Gasteiger partial charge in [-0.2, -0.15) is 0 Å². The first kappa shape index (κ1) is 30.4. The Hall–Kier alpha value is -4.56. The number of carbonyl (C=O) groups excluding carboxylic acids is 4. The summed E-state index contributed by atoms with van der Waals surface area (Å²) in [6.07, 6.45) is 2.55. The van der Waals surface area contributed by atoms with Crippen molar-refractivity contribution >= 4 is 69.0 Å². The number of amides is 4. The van der Waals surface area contributed by atoms with E-state index in [9.17, 15) is 19.2 Å². The maximum Gasteiger partial charge on any atom is 0.267 e. The number of para-hydroxylation sites is 1. The molecule has 13 nitrogen and oxygen atoms in total. The lowest BCUT2D eigenvalue weighted by Crippen LogP contribution is -2.52. The molecule has 220 valence electrons. The summed E-state index contributed by atoms with van der Waals surface area (Å²) in [5, 5.41) is 11.8. The molecule has 1 saturated heterocycles. The van der Waals surface area contributed by atoms with Crippen molar-refractivity contribution in [2.45, 2.75) is 13.8 Å². The molecule has 0 radical (unpaired) electrons. The summed E-state index contributed by atoms with van der Waals surface area (Å²) < 4.78 is 0. The second-order valence-corrected chi connectivity index (χ2v) is 10.7. The third kappa shape index (κ3) is 8.01. The van der Waals surface area contributed by atoms with Crippen LogP contribution in [0.2, 0.25) is 5.02 Å². The fraction of sp³-hybridized carbons (Fsp3) is 0.296. The highest BCUT2D eigenvalue weighted by Crippen LogP contribution is 2.28. The molecular formula is C27H30ClN9O4S. The minimum absolute atomic E-state index is 0.157. The van der Waals surface area contributed by atoms with Crippen LogP contribution in [0.5, 0.6) is 0 Å². The van der Waals surface area contributed by atoms with Gasteiger partial charge in [-0.15, -0.1) is 0 Å². The van der Waals surface area contributed by atoms with Crippen molar-refractivity contribution in [1.82, 2.24) is 30.5 Å². The molecule has 0 saturated carbocycles. The number of nitrogens with zero attached hydrogens (tertiary/aromatic N) is 5. The Bertz CT molecular complexity index is 1480. The van der Waals surface area contributed by atoms with E-state index in [0.717, 1.165) is 11.6 Å². The molecule has 1 aromatic carbocycles. The number of hydrogen-bond donors (Lipinski definition) is 4.